The minimum absolute atomic E-state index is 0.107. The molecule has 0 saturated carbocycles. The van der Waals surface area contributed by atoms with Gasteiger partial charge in [0.15, 0.2) is 5.78 Å². The topological polar surface area (TPSA) is 17.1 Å². The summed E-state index contributed by atoms with van der Waals surface area (Å²) in [6, 6.07) is 6.63. The molecule has 0 spiro atoms. The molecule has 0 aliphatic carbocycles. The first kappa shape index (κ1) is 12.3. The summed E-state index contributed by atoms with van der Waals surface area (Å²) in [5.74, 6) is -0.127. The number of allylic oxidation sites excluding steroid dienone is 3. The van der Waals surface area contributed by atoms with Crippen molar-refractivity contribution in [2.45, 2.75) is 0 Å². The molecule has 0 aliphatic rings. The highest BCUT2D eigenvalue weighted by Crippen LogP contribution is 2.11. The molecule has 4 heteroatoms. The molecule has 0 aliphatic heterocycles. The van der Waals surface area contributed by atoms with Gasteiger partial charge in [-0.15, -0.1) is 0 Å². The summed E-state index contributed by atoms with van der Waals surface area (Å²) >= 11 is 16.4. The average molecular weight is 262 g/mol. The third-order valence-corrected chi connectivity index (χ3v) is 2.10. The molecule has 0 heterocycles. The average Bonchev–Trinajstić information content (AvgIpc) is 2.18. The quantitative estimate of drug-likeness (QED) is 0.448. The van der Waals surface area contributed by atoms with Gasteiger partial charge in [-0.05, 0) is 36.4 Å². The van der Waals surface area contributed by atoms with Gasteiger partial charge in [-0.3, -0.25) is 4.79 Å². The van der Waals surface area contributed by atoms with Crippen LogP contribution in [-0.2, 0) is 0 Å². The van der Waals surface area contributed by atoms with Crippen molar-refractivity contribution in [3.05, 3.63) is 57.6 Å². The van der Waals surface area contributed by atoms with E-state index >= 15 is 0 Å². The van der Waals surface area contributed by atoms with Gasteiger partial charge in [-0.25, -0.2) is 0 Å². The fourth-order valence-corrected chi connectivity index (χ4v) is 1.19. The zero-order chi connectivity index (χ0) is 11.3. The molecule has 0 aromatic heterocycles. The van der Waals surface area contributed by atoms with Gasteiger partial charge in [-0.2, -0.15) is 0 Å². The van der Waals surface area contributed by atoms with Crippen LogP contribution in [0, 0.1) is 0 Å². The van der Waals surface area contributed by atoms with E-state index in [1.165, 1.54) is 18.2 Å². The Balaban J connectivity index is 2.74. The summed E-state index contributed by atoms with van der Waals surface area (Å²) in [5.41, 5.74) is 0.565. The molecule has 15 heavy (non-hydrogen) atoms. The summed E-state index contributed by atoms with van der Waals surface area (Å²) < 4.78 is 0.107. The lowest BCUT2D eigenvalue weighted by molar-refractivity contribution is 0.104. The number of hydrogen-bond donors (Lipinski definition) is 0. The van der Waals surface area contributed by atoms with Crippen molar-refractivity contribution in [2.24, 2.45) is 0 Å². The van der Waals surface area contributed by atoms with E-state index in [4.69, 9.17) is 34.8 Å². The Morgan fingerprint density at radius 2 is 1.73 bits per heavy atom. The number of ketones is 1. The highest BCUT2D eigenvalue weighted by molar-refractivity contribution is 6.56. The van der Waals surface area contributed by atoms with Crippen LogP contribution in [0.2, 0.25) is 5.02 Å². The second-order valence-corrected chi connectivity index (χ2v) is 4.13. The molecule has 0 N–H and O–H groups in total. The second kappa shape index (κ2) is 5.96. The van der Waals surface area contributed by atoms with Crippen molar-refractivity contribution in [3.63, 3.8) is 0 Å². The van der Waals surface area contributed by atoms with Crippen LogP contribution in [0.15, 0.2) is 47.0 Å². The van der Waals surface area contributed by atoms with E-state index in [1.807, 2.05) is 0 Å². The third kappa shape index (κ3) is 4.52. The number of benzene rings is 1. The smallest absolute Gasteiger partial charge is 0.185 e. The zero-order valence-corrected chi connectivity index (χ0v) is 9.85. The zero-order valence-electron chi connectivity index (χ0n) is 7.58. The first-order valence-corrected chi connectivity index (χ1v) is 5.22. The SMILES string of the molecule is O=C(/C=C/C=C(Cl)Cl)c1ccc(Cl)cc1. The molecule has 0 amide bonds. The summed E-state index contributed by atoms with van der Waals surface area (Å²) in [4.78, 5) is 11.5. The van der Waals surface area contributed by atoms with Crippen molar-refractivity contribution < 1.29 is 4.79 Å². The molecule has 0 radical (unpaired) electrons. The molecule has 1 nitrogen and oxygen atoms in total. The largest absolute Gasteiger partial charge is 0.289 e. The van der Waals surface area contributed by atoms with E-state index in [0.29, 0.717) is 10.6 Å². The van der Waals surface area contributed by atoms with Crippen LogP contribution in [0.1, 0.15) is 10.4 Å². The van der Waals surface area contributed by atoms with Gasteiger partial charge in [-0.1, -0.05) is 40.9 Å². The highest BCUT2D eigenvalue weighted by atomic mass is 35.5. The molecule has 1 rings (SSSR count). The molecule has 0 fully saturated rings. The monoisotopic (exact) mass is 260 g/mol. The van der Waals surface area contributed by atoms with E-state index in [-0.39, 0.29) is 10.3 Å². The summed E-state index contributed by atoms with van der Waals surface area (Å²) in [6.07, 6.45) is 4.30. The minimum Gasteiger partial charge on any atom is -0.289 e. The van der Waals surface area contributed by atoms with Crippen LogP contribution < -0.4 is 0 Å². The Kier molecular flexibility index (Phi) is 4.89. The molecule has 1 aromatic rings. The van der Waals surface area contributed by atoms with Crippen molar-refractivity contribution >= 4 is 40.6 Å². The van der Waals surface area contributed by atoms with E-state index in [9.17, 15) is 4.79 Å². The van der Waals surface area contributed by atoms with Crippen LogP contribution in [0.4, 0.5) is 0 Å². The number of hydrogen-bond acceptors (Lipinski definition) is 1. The van der Waals surface area contributed by atoms with Gasteiger partial charge >= 0.3 is 0 Å². The van der Waals surface area contributed by atoms with Crippen molar-refractivity contribution in [3.8, 4) is 0 Å². The standard InChI is InChI=1S/C11H7Cl3O/c12-9-6-4-8(5-7-9)10(15)2-1-3-11(13)14/h1-7H/b2-1+. The number of carbonyl (C=O) groups excluding carboxylic acids is 1. The molecule has 0 atom stereocenters. The minimum atomic E-state index is -0.127. The lowest BCUT2D eigenvalue weighted by atomic mass is 10.1. The van der Waals surface area contributed by atoms with Gasteiger partial charge in [0, 0.05) is 10.6 Å². The Morgan fingerprint density at radius 1 is 1.13 bits per heavy atom. The van der Waals surface area contributed by atoms with Gasteiger partial charge in [0.1, 0.15) is 4.49 Å². The maximum Gasteiger partial charge on any atom is 0.185 e. The van der Waals surface area contributed by atoms with Crippen molar-refractivity contribution in [1.29, 1.82) is 0 Å². The van der Waals surface area contributed by atoms with Gasteiger partial charge in [0.05, 0.1) is 0 Å². The number of carbonyl (C=O) groups is 1. The van der Waals surface area contributed by atoms with Crippen LogP contribution in [0.5, 0.6) is 0 Å². The Bertz CT molecular complexity index is 400. The first-order valence-electron chi connectivity index (χ1n) is 4.09. The molecule has 78 valence electrons. The molecule has 1 aromatic carbocycles. The van der Waals surface area contributed by atoms with Crippen LogP contribution in [0.25, 0.3) is 0 Å². The Hall–Kier alpha value is -0.760. The Morgan fingerprint density at radius 3 is 2.27 bits per heavy atom. The van der Waals surface area contributed by atoms with Crippen molar-refractivity contribution in [1.82, 2.24) is 0 Å². The fourth-order valence-electron chi connectivity index (χ4n) is 0.919. The Labute approximate surface area is 103 Å². The molecular weight excluding hydrogens is 254 g/mol. The summed E-state index contributed by atoms with van der Waals surface area (Å²) in [6.45, 7) is 0. The summed E-state index contributed by atoms with van der Waals surface area (Å²) in [7, 11) is 0. The molecular formula is C11H7Cl3O. The predicted molar refractivity (Wildman–Crippen MR) is 64.7 cm³/mol. The van der Waals surface area contributed by atoms with Crippen LogP contribution >= 0.6 is 34.8 Å². The molecule has 0 unspecified atom stereocenters. The van der Waals surface area contributed by atoms with Crippen LogP contribution in [-0.4, -0.2) is 5.78 Å². The molecule has 0 saturated heterocycles. The van der Waals surface area contributed by atoms with E-state index in [2.05, 4.69) is 0 Å². The number of halogens is 3. The van der Waals surface area contributed by atoms with Crippen LogP contribution in [0.3, 0.4) is 0 Å². The predicted octanol–water partition coefficient (Wildman–Crippen LogP) is 4.40. The van der Waals surface area contributed by atoms with E-state index in [1.54, 1.807) is 24.3 Å². The third-order valence-electron chi connectivity index (χ3n) is 1.60. The maximum atomic E-state index is 11.5. The fraction of sp³-hybridized carbons (Fsp3) is 0. The number of rotatable bonds is 3. The van der Waals surface area contributed by atoms with Gasteiger partial charge in [0.2, 0.25) is 0 Å². The first-order chi connectivity index (χ1) is 7.09. The van der Waals surface area contributed by atoms with Gasteiger partial charge < -0.3 is 0 Å². The van der Waals surface area contributed by atoms with Gasteiger partial charge in [0.25, 0.3) is 0 Å². The normalized spacial score (nSPS) is 10.3. The lowest BCUT2D eigenvalue weighted by Crippen LogP contribution is -1.92. The summed E-state index contributed by atoms with van der Waals surface area (Å²) in [5, 5.41) is 0.597. The van der Waals surface area contributed by atoms with Crippen molar-refractivity contribution in [2.75, 3.05) is 0 Å². The van der Waals surface area contributed by atoms with E-state index < -0.39 is 0 Å². The second-order valence-electron chi connectivity index (χ2n) is 2.69. The lowest BCUT2D eigenvalue weighted by Gasteiger charge is -1.94. The molecule has 0 bridgehead atoms. The highest BCUT2D eigenvalue weighted by Gasteiger charge is 1.99. The van der Waals surface area contributed by atoms with E-state index in [0.717, 1.165) is 0 Å². The maximum absolute atomic E-state index is 11.5.